The first-order valence-electron chi connectivity index (χ1n) is 5.06. The Morgan fingerprint density at radius 2 is 2.19 bits per heavy atom. The summed E-state index contributed by atoms with van der Waals surface area (Å²) in [5.41, 5.74) is 8.52. The number of hydrogen-bond donors (Lipinski definition) is 2. The van der Waals surface area contributed by atoms with Crippen molar-refractivity contribution in [1.82, 2.24) is 4.31 Å². The van der Waals surface area contributed by atoms with Crippen LogP contribution in [0.3, 0.4) is 0 Å². The van der Waals surface area contributed by atoms with Gasteiger partial charge in [0.2, 0.25) is 5.91 Å². The van der Waals surface area contributed by atoms with Crippen LogP contribution in [0.2, 0.25) is 0 Å². The lowest BCUT2D eigenvalue weighted by Gasteiger charge is -2.10. The Morgan fingerprint density at radius 1 is 1.44 bits per heavy atom. The molecule has 0 saturated carbocycles. The lowest BCUT2D eigenvalue weighted by molar-refractivity contribution is -0.125. The molecular weight excluding hydrogens is 224 g/mol. The summed E-state index contributed by atoms with van der Waals surface area (Å²) in [6.45, 7) is 0.612. The van der Waals surface area contributed by atoms with Crippen LogP contribution < -0.4 is 10.5 Å². The van der Waals surface area contributed by atoms with E-state index in [0.29, 0.717) is 24.4 Å². The van der Waals surface area contributed by atoms with Crippen LogP contribution in [0.4, 0.5) is 5.69 Å². The molecule has 1 aromatic rings. The predicted octanol–water partition coefficient (Wildman–Crippen LogP) is 1.05. The second-order valence-corrected chi connectivity index (χ2v) is 4.29. The Hall–Kier alpha value is -1.36. The molecular formula is C11H14N2O2S. The minimum atomic E-state index is 0.00825. The number of carbonyl (C=O) groups is 1. The van der Waals surface area contributed by atoms with E-state index in [1.165, 1.54) is 4.31 Å². The third-order valence-corrected chi connectivity index (χ3v) is 3.20. The lowest BCUT2D eigenvalue weighted by Crippen LogP contribution is -2.22. The zero-order valence-electron chi connectivity index (χ0n) is 9.06. The van der Waals surface area contributed by atoms with Crippen LogP contribution in [0.1, 0.15) is 11.1 Å². The molecule has 5 heteroatoms. The maximum absolute atomic E-state index is 11.6. The summed E-state index contributed by atoms with van der Waals surface area (Å²) in [5.74, 6) is 0.632. The molecule has 0 aromatic heterocycles. The Kier molecular flexibility index (Phi) is 2.96. The first-order valence-corrected chi connectivity index (χ1v) is 5.46. The van der Waals surface area contributed by atoms with E-state index in [2.05, 4.69) is 12.8 Å². The van der Waals surface area contributed by atoms with Gasteiger partial charge in [0.15, 0.2) is 0 Å². The smallest absolute Gasteiger partial charge is 0.236 e. The highest BCUT2D eigenvalue weighted by Crippen LogP contribution is 2.28. The first kappa shape index (κ1) is 11.1. The maximum atomic E-state index is 11.6. The molecule has 2 N–H and O–H groups in total. The van der Waals surface area contributed by atoms with Gasteiger partial charge >= 0.3 is 0 Å². The number of amides is 1. The normalized spacial score (nSPS) is 15.6. The Morgan fingerprint density at radius 3 is 2.88 bits per heavy atom. The van der Waals surface area contributed by atoms with Gasteiger partial charge in [-0.2, -0.15) is 0 Å². The third-order valence-electron chi connectivity index (χ3n) is 2.77. The van der Waals surface area contributed by atoms with Gasteiger partial charge in [-0.25, -0.2) is 0 Å². The molecule has 16 heavy (non-hydrogen) atoms. The van der Waals surface area contributed by atoms with Crippen molar-refractivity contribution in [1.29, 1.82) is 0 Å². The van der Waals surface area contributed by atoms with Gasteiger partial charge in [0.25, 0.3) is 0 Å². The number of nitrogens with zero attached hydrogens (tertiary/aromatic N) is 1. The van der Waals surface area contributed by atoms with Crippen molar-refractivity contribution < 1.29 is 9.53 Å². The van der Waals surface area contributed by atoms with E-state index in [4.69, 9.17) is 10.5 Å². The molecule has 4 nitrogen and oxygen atoms in total. The minimum Gasteiger partial charge on any atom is -0.495 e. The molecule has 1 aliphatic heterocycles. The average molecular weight is 238 g/mol. The molecule has 0 unspecified atom stereocenters. The van der Waals surface area contributed by atoms with Gasteiger partial charge in [0.05, 0.1) is 19.2 Å². The molecule has 0 spiro atoms. The maximum Gasteiger partial charge on any atom is 0.236 e. The standard InChI is InChI=1S/C11H14N2O2S/c1-15-10-5-8-6-11(14)13(16)3-2-7(8)4-9(10)12/h4-5,16H,2-3,6,12H2,1H3. The fourth-order valence-electron chi connectivity index (χ4n) is 1.87. The summed E-state index contributed by atoms with van der Waals surface area (Å²) in [5, 5.41) is 0. The number of thiol groups is 1. The van der Waals surface area contributed by atoms with Crippen molar-refractivity contribution in [2.24, 2.45) is 0 Å². The number of carbonyl (C=O) groups excluding carboxylic acids is 1. The number of nitrogens with two attached hydrogens (primary N) is 1. The number of rotatable bonds is 1. The topological polar surface area (TPSA) is 55.6 Å². The quantitative estimate of drug-likeness (QED) is 0.568. The van der Waals surface area contributed by atoms with E-state index >= 15 is 0 Å². The molecule has 0 radical (unpaired) electrons. The number of methoxy groups -OCH3 is 1. The molecule has 0 bridgehead atoms. The molecule has 1 amide bonds. The Bertz CT molecular complexity index is 434. The van der Waals surface area contributed by atoms with Crippen molar-refractivity contribution in [3.63, 3.8) is 0 Å². The number of fused-ring (bicyclic) bond motifs is 1. The van der Waals surface area contributed by atoms with Crippen molar-refractivity contribution in [2.75, 3.05) is 19.4 Å². The molecule has 2 rings (SSSR count). The zero-order valence-corrected chi connectivity index (χ0v) is 9.96. The van der Waals surface area contributed by atoms with Gasteiger partial charge in [-0.3, -0.25) is 9.10 Å². The van der Waals surface area contributed by atoms with Gasteiger partial charge in [0, 0.05) is 6.54 Å². The number of nitrogen functional groups attached to an aromatic ring is 1. The van der Waals surface area contributed by atoms with Gasteiger partial charge in [-0.15, -0.1) is 0 Å². The van der Waals surface area contributed by atoms with Crippen LogP contribution in [-0.2, 0) is 17.6 Å². The second-order valence-electron chi connectivity index (χ2n) is 3.81. The fraction of sp³-hybridized carbons (Fsp3) is 0.364. The van der Waals surface area contributed by atoms with E-state index in [9.17, 15) is 4.79 Å². The summed E-state index contributed by atoms with van der Waals surface area (Å²) in [6.07, 6.45) is 1.13. The monoisotopic (exact) mass is 238 g/mol. The molecule has 1 heterocycles. The summed E-state index contributed by atoms with van der Waals surface area (Å²) in [4.78, 5) is 11.6. The number of benzene rings is 1. The van der Waals surface area contributed by atoms with E-state index < -0.39 is 0 Å². The third kappa shape index (κ3) is 1.95. The highest BCUT2D eigenvalue weighted by molar-refractivity contribution is 7.78. The zero-order chi connectivity index (χ0) is 11.7. The molecule has 86 valence electrons. The molecule has 1 aliphatic rings. The average Bonchev–Trinajstić information content (AvgIpc) is 2.39. The first-order chi connectivity index (χ1) is 7.61. The van der Waals surface area contributed by atoms with E-state index in [1.54, 1.807) is 7.11 Å². The van der Waals surface area contributed by atoms with Crippen LogP contribution in [0, 0.1) is 0 Å². The van der Waals surface area contributed by atoms with Gasteiger partial charge < -0.3 is 10.5 Å². The minimum absolute atomic E-state index is 0.00825. The van der Waals surface area contributed by atoms with Crippen molar-refractivity contribution in [3.05, 3.63) is 23.3 Å². The summed E-state index contributed by atoms with van der Waals surface area (Å²) < 4.78 is 6.59. The number of hydrogen-bond acceptors (Lipinski definition) is 4. The van der Waals surface area contributed by atoms with E-state index in [1.807, 2.05) is 12.1 Å². The second kappa shape index (κ2) is 4.25. The van der Waals surface area contributed by atoms with E-state index in [-0.39, 0.29) is 5.91 Å². The molecule has 1 aromatic carbocycles. The SMILES string of the molecule is COc1cc2c(cc1N)CCN(S)C(=O)C2. The highest BCUT2D eigenvalue weighted by atomic mass is 32.1. The largest absolute Gasteiger partial charge is 0.495 e. The Labute approximate surface area is 99.9 Å². The number of ether oxygens (including phenoxy) is 1. The van der Waals surface area contributed by atoms with E-state index in [0.717, 1.165) is 17.5 Å². The van der Waals surface area contributed by atoms with Gasteiger partial charge in [0.1, 0.15) is 5.75 Å². The van der Waals surface area contributed by atoms with Crippen molar-refractivity contribution >= 4 is 24.4 Å². The van der Waals surface area contributed by atoms with Crippen molar-refractivity contribution in [2.45, 2.75) is 12.8 Å². The van der Waals surface area contributed by atoms with Crippen LogP contribution in [0.25, 0.3) is 0 Å². The van der Waals surface area contributed by atoms with Crippen LogP contribution in [0.15, 0.2) is 12.1 Å². The lowest BCUT2D eigenvalue weighted by atomic mass is 10.0. The van der Waals surface area contributed by atoms with Gasteiger partial charge in [-0.1, -0.05) is 12.8 Å². The molecule has 0 aliphatic carbocycles. The molecule has 0 fully saturated rings. The summed E-state index contributed by atoms with van der Waals surface area (Å²) in [6, 6.07) is 3.73. The van der Waals surface area contributed by atoms with Crippen LogP contribution in [0.5, 0.6) is 5.75 Å². The van der Waals surface area contributed by atoms with Gasteiger partial charge in [-0.05, 0) is 29.7 Å². The summed E-state index contributed by atoms with van der Waals surface area (Å²) >= 11 is 4.13. The summed E-state index contributed by atoms with van der Waals surface area (Å²) in [7, 11) is 1.57. The molecule has 0 atom stereocenters. The Balaban J connectivity index is 2.42. The molecule has 0 saturated heterocycles. The van der Waals surface area contributed by atoms with Crippen LogP contribution >= 0.6 is 12.8 Å². The highest BCUT2D eigenvalue weighted by Gasteiger charge is 2.19. The van der Waals surface area contributed by atoms with Crippen molar-refractivity contribution in [3.8, 4) is 5.75 Å². The van der Waals surface area contributed by atoms with Crippen LogP contribution in [-0.4, -0.2) is 23.9 Å². The number of anilines is 1. The fourth-order valence-corrected chi connectivity index (χ4v) is 2.04. The predicted molar refractivity (Wildman–Crippen MR) is 65.5 cm³/mol.